The monoisotopic (exact) mass is 367 g/mol. The Balaban J connectivity index is 1.44. The van der Waals surface area contributed by atoms with Gasteiger partial charge in [0, 0.05) is 38.4 Å². The molecule has 0 bridgehead atoms. The smallest absolute Gasteiger partial charge is 0.321 e. The Labute approximate surface area is 161 Å². The molecule has 3 rings (SSSR count). The molecule has 144 valence electrons. The zero-order valence-corrected chi connectivity index (χ0v) is 16.5. The van der Waals surface area contributed by atoms with Gasteiger partial charge < -0.3 is 15.0 Å². The number of piperazine rings is 1. The Kier molecular flexibility index (Phi) is 6.35. The van der Waals surface area contributed by atoms with Gasteiger partial charge in [-0.15, -0.1) is 0 Å². The standard InChI is InChI=1S/C22H29N3O2/c1-17-14-18(2)16-20(15-17)23-22(26)25-12-10-24(11-13-25)9-8-19-4-6-21(27-3)7-5-19/h4-7,14-16H,8-13H2,1-3H3,(H,23,26). The molecule has 1 heterocycles. The van der Waals surface area contributed by atoms with E-state index >= 15 is 0 Å². The first kappa shape index (κ1) is 19.2. The lowest BCUT2D eigenvalue weighted by molar-refractivity contribution is 0.148. The van der Waals surface area contributed by atoms with Crippen molar-refractivity contribution in [2.24, 2.45) is 0 Å². The summed E-state index contributed by atoms with van der Waals surface area (Å²) in [7, 11) is 1.69. The second kappa shape index (κ2) is 8.91. The molecule has 2 aromatic carbocycles. The van der Waals surface area contributed by atoms with Crippen molar-refractivity contribution >= 4 is 11.7 Å². The van der Waals surface area contributed by atoms with Crippen LogP contribution in [0.5, 0.6) is 5.75 Å². The molecule has 0 atom stereocenters. The van der Waals surface area contributed by atoms with Crippen molar-refractivity contribution in [1.29, 1.82) is 0 Å². The van der Waals surface area contributed by atoms with E-state index in [4.69, 9.17) is 4.74 Å². The predicted molar refractivity (Wildman–Crippen MR) is 110 cm³/mol. The summed E-state index contributed by atoms with van der Waals surface area (Å²) in [5.74, 6) is 0.891. The molecule has 0 radical (unpaired) electrons. The van der Waals surface area contributed by atoms with Crippen LogP contribution in [0, 0.1) is 13.8 Å². The number of urea groups is 1. The van der Waals surface area contributed by atoms with Gasteiger partial charge in [0.25, 0.3) is 0 Å². The highest BCUT2D eigenvalue weighted by Crippen LogP contribution is 2.15. The molecule has 0 spiro atoms. The van der Waals surface area contributed by atoms with E-state index in [0.29, 0.717) is 0 Å². The van der Waals surface area contributed by atoms with E-state index in [2.05, 4.69) is 28.4 Å². The fourth-order valence-corrected chi connectivity index (χ4v) is 3.50. The second-order valence-corrected chi connectivity index (χ2v) is 7.23. The summed E-state index contributed by atoms with van der Waals surface area (Å²) in [6.45, 7) is 8.46. The number of aryl methyl sites for hydroxylation is 2. The highest BCUT2D eigenvalue weighted by molar-refractivity contribution is 5.89. The average molecular weight is 367 g/mol. The molecule has 27 heavy (non-hydrogen) atoms. The SMILES string of the molecule is COc1ccc(CCN2CCN(C(=O)Nc3cc(C)cc(C)c3)CC2)cc1. The van der Waals surface area contributed by atoms with Crippen molar-refractivity contribution in [2.45, 2.75) is 20.3 Å². The lowest BCUT2D eigenvalue weighted by Crippen LogP contribution is -2.50. The van der Waals surface area contributed by atoms with E-state index in [1.165, 1.54) is 5.56 Å². The summed E-state index contributed by atoms with van der Waals surface area (Å²) in [5, 5.41) is 3.03. The van der Waals surface area contributed by atoms with Crippen molar-refractivity contribution < 1.29 is 9.53 Å². The first-order valence-electron chi connectivity index (χ1n) is 9.53. The molecule has 2 amide bonds. The lowest BCUT2D eigenvalue weighted by atomic mass is 10.1. The van der Waals surface area contributed by atoms with Crippen LogP contribution in [0.3, 0.4) is 0 Å². The number of benzene rings is 2. The minimum atomic E-state index is -0.00481. The summed E-state index contributed by atoms with van der Waals surface area (Å²) in [6, 6.07) is 14.4. The third kappa shape index (κ3) is 5.47. The van der Waals surface area contributed by atoms with Gasteiger partial charge in [0.2, 0.25) is 0 Å². The van der Waals surface area contributed by atoms with E-state index in [1.807, 2.05) is 43.0 Å². The number of rotatable bonds is 5. The summed E-state index contributed by atoms with van der Waals surface area (Å²) in [4.78, 5) is 16.8. The molecule has 1 fully saturated rings. The molecule has 1 N–H and O–H groups in total. The number of anilines is 1. The molecule has 0 aromatic heterocycles. The minimum absolute atomic E-state index is 0.00481. The molecule has 1 aliphatic heterocycles. The first-order chi connectivity index (χ1) is 13.0. The van der Waals surface area contributed by atoms with E-state index < -0.39 is 0 Å². The van der Waals surface area contributed by atoms with Crippen LogP contribution in [0.25, 0.3) is 0 Å². The number of amides is 2. The molecular weight excluding hydrogens is 338 g/mol. The molecule has 1 aliphatic rings. The van der Waals surface area contributed by atoms with E-state index in [1.54, 1.807) is 7.11 Å². The summed E-state index contributed by atoms with van der Waals surface area (Å²) in [5.41, 5.74) is 4.51. The molecule has 0 unspecified atom stereocenters. The van der Waals surface area contributed by atoms with Crippen LogP contribution in [0.2, 0.25) is 0 Å². The average Bonchev–Trinajstić information content (AvgIpc) is 2.66. The van der Waals surface area contributed by atoms with Crippen LogP contribution < -0.4 is 10.1 Å². The quantitative estimate of drug-likeness (QED) is 0.876. The fourth-order valence-electron chi connectivity index (χ4n) is 3.50. The van der Waals surface area contributed by atoms with Crippen molar-refractivity contribution in [3.05, 3.63) is 59.2 Å². The Morgan fingerprint density at radius 3 is 2.22 bits per heavy atom. The number of carbonyl (C=O) groups is 1. The van der Waals surface area contributed by atoms with Crippen molar-refractivity contribution in [3.63, 3.8) is 0 Å². The maximum atomic E-state index is 12.5. The van der Waals surface area contributed by atoms with Gasteiger partial charge in [-0.05, 0) is 61.2 Å². The van der Waals surface area contributed by atoms with Crippen LogP contribution in [0.4, 0.5) is 10.5 Å². The van der Waals surface area contributed by atoms with Gasteiger partial charge in [-0.25, -0.2) is 4.79 Å². The number of methoxy groups -OCH3 is 1. The number of carbonyl (C=O) groups excluding carboxylic acids is 1. The third-order valence-electron chi connectivity index (χ3n) is 5.01. The molecule has 5 heteroatoms. The Morgan fingerprint density at radius 1 is 1.00 bits per heavy atom. The van der Waals surface area contributed by atoms with Gasteiger partial charge >= 0.3 is 6.03 Å². The van der Waals surface area contributed by atoms with Crippen LogP contribution in [0.1, 0.15) is 16.7 Å². The summed E-state index contributed by atoms with van der Waals surface area (Å²) < 4.78 is 5.20. The lowest BCUT2D eigenvalue weighted by Gasteiger charge is -2.34. The van der Waals surface area contributed by atoms with Crippen LogP contribution >= 0.6 is 0 Å². The second-order valence-electron chi connectivity index (χ2n) is 7.23. The van der Waals surface area contributed by atoms with Crippen molar-refractivity contribution in [1.82, 2.24) is 9.80 Å². The normalized spacial score (nSPS) is 14.9. The van der Waals surface area contributed by atoms with Gasteiger partial charge in [-0.1, -0.05) is 18.2 Å². The number of ether oxygens (including phenoxy) is 1. The van der Waals surface area contributed by atoms with Gasteiger partial charge in [-0.2, -0.15) is 0 Å². The molecular formula is C22H29N3O2. The number of nitrogens with zero attached hydrogens (tertiary/aromatic N) is 2. The molecule has 1 saturated heterocycles. The predicted octanol–water partition coefficient (Wildman–Crippen LogP) is 3.70. The van der Waals surface area contributed by atoms with Gasteiger partial charge in [0.05, 0.1) is 7.11 Å². The zero-order valence-electron chi connectivity index (χ0n) is 16.5. The number of nitrogens with one attached hydrogen (secondary N) is 1. The Hall–Kier alpha value is -2.53. The van der Waals surface area contributed by atoms with Crippen molar-refractivity contribution in [3.8, 4) is 5.75 Å². The largest absolute Gasteiger partial charge is 0.497 e. The van der Waals surface area contributed by atoms with Crippen LogP contribution in [0.15, 0.2) is 42.5 Å². The highest BCUT2D eigenvalue weighted by Gasteiger charge is 2.21. The summed E-state index contributed by atoms with van der Waals surface area (Å²) >= 11 is 0. The molecule has 2 aromatic rings. The van der Waals surface area contributed by atoms with E-state index in [9.17, 15) is 4.79 Å². The van der Waals surface area contributed by atoms with E-state index in [-0.39, 0.29) is 6.03 Å². The molecule has 5 nitrogen and oxygen atoms in total. The maximum Gasteiger partial charge on any atom is 0.321 e. The van der Waals surface area contributed by atoms with Gasteiger partial charge in [-0.3, -0.25) is 4.90 Å². The molecule has 0 aliphatic carbocycles. The van der Waals surface area contributed by atoms with Gasteiger partial charge in [0.1, 0.15) is 5.75 Å². The minimum Gasteiger partial charge on any atom is -0.497 e. The topological polar surface area (TPSA) is 44.8 Å². The Morgan fingerprint density at radius 2 is 1.63 bits per heavy atom. The number of hydrogen-bond acceptors (Lipinski definition) is 3. The maximum absolute atomic E-state index is 12.5. The zero-order chi connectivity index (χ0) is 19.2. The van der Waals surface area contributed by atoms with Gasteiger partial charge in [0.15, 0.2) is 0 Å². The Bertz CT molecular complexity index is 745. The summed E-state index contributed by atoms with van der Waals surface area (Å²) in [6.07, 6.45) is 1.01. The van der Waals surface area contributed by atoms with Crippen molar-refractivity contribution in [2.75, 3.05) is 45.2 Å². The third-order valence-corrected chi connectivity index (χ3v) is 5.01. The molecule has 0 saturated carbocycles. The number of hydrogen-bond donors (Lipinski definition) is 1. The van der Waals surface area contributed by atoms with Crippen LogP contribution in [-0.2, 0) is 6.42 Å². The van der Waals surface area contributed by atoms with Crippen LogP contribution in [-0.4, -0.2) is 55.7 Å². The van der Waals surface area contributed by atoms with E-state index in [0.717, 1.165) is 61.7 Å². The highest BCUT2D eigenvalue weighted by atomic mass is 16.5. The fraction of sp³-hybridized carbons (Fsp3) is 0.409. The first-order valence-corrected chi connectivity index (χ1v) is 9.53.